The Morgan fingerprint density at radius 1 is 1.86 bits per heavy atom. The maximum absolute atomic E-state index is 5.44. The average molecular weight is 97.2 g/mol. The van der Waals surface area contributed by atoms with E-state index in [1.54, 1.807) is 0 Å². The van der Waals surface area contributed by atoms with E-state index in [-0.39, 0.29) is 6.04 Å². The first-order valence-electron chi connectivity index (χ1n) is 2.50. The van der Waals surface area contributed by atoms with Gasteiger partial charge in [0.2, 0.25) is 0 Å². The van der Waals surface area contributed by atoms with Crippen LogP contribution >= 0.6 is 0 Å². The molecule has 0 unspecified atom stereocenters. The van der Waals surface area contributed by atoms with Crippen molar-refractivity contribution in [3.63, 3.8) is 0 Å². The predicted octanol–water partition coefficient (Wildman–Crippen LogP) is 0.747. The smallest absolute Gasteiger partial charge is 0.0238 e. The summed E-state index contributed by atoms with van der Waals surface area (Å²) in [6.45, 7) is 2.03. The first kappa shape index (κ1) is 6.52. The van der Waals surface area contributed by atoms with Crippen molar-refractivity contribution in [3.05, 3.63) is 0 Å². The second-order valence-electron chi connectivity index (χ2n) is 1.58. The molecule has 0 amide bonds. The van der Waals surface area contributed by atoms with Gasteiger partial charge in [-0.25, -0.2) is 0 Å². The van der Waals surface area contributed by atoms with Crippen LogP contribution < -0.4 is 5.73 Å². The standard InChI is InChI=1S/C6H11N/c1-3-5-6(7)4-2/h1,6H,4-5,7H2,2H3/t6-/m1/s1. The second-order valence-corrected chi connectivity index (χ2v) is 1.58. The van der Waals surface area contributed by atoms with Crippen molar-refractivity contribution in [3.8, 4) is 12.3 Å². The van der Waals surface area contributed by atoms with Crippen LogP contribution in [0, 0.1) is 12.3 Å². The van der Waals surface area contributed by atoms with Crippen LogP contribution in [0.4, 0.5) is 0 Å². The fourth-order valence-corrected chi connectivity index (χ4v) is 0.296. The molecule has 1 atom stereocenters. The molecule has 7 heavy (non-hydrogen) atoms. The van der Waals surface area contributed by atoms with Gasteiger partial charge in [-0.1, -0.05) is 6.92 Å². The molecule has 0 radical (unpaired) electrons. The van der Waals surface area contributed by atoms with Crippen molar-refractivity contribution < 1.29 is 0 Å². The van der Waals surface area contributed by atoms with Crippen molar-refractivity contribution in [2.24, 2.45) is 5.73 Å². The van der Waals surface area contributed by atoms with Crippen LogP contribution in [0.5, 0.6) is 0 Å². The van der Waals surface area contributed by atoms with Gasteiger partial charge in [0.25, 0.3) is 0 Å². The lowest BCUT2D eigenvalue weighted by Gasteiger charge is -1.99. The molecule has 0 aliphatic carbocycles. The summed E-state index contributed by atoms with van der Waals surface area (Å²) in [6, 6.07) is 0.213. The molecule has 0 aromatic carbocycles. The zero-order chi connectivity index (χ0) is 5.70. The van der Waals surface area contributed by atoms with E-state index in [0.717, 1.165) is 6.42 Å². The summed E-state index contributed by atoms with van der Waals surface area (Å²) in [6.07, 6.45) is 6.66. The maximum atomic E-state index is 5.44. The molecule has 0 saturated heterocycles. The van der Waals surface area contributed by atoms with Crippen LogP contribution in [-0.4, -0.2) is 6.04 Å². The van der Waals surface area contributed by atoms with Crippen LogP contribution in [0.25, 0.3) is 0 Å². The molecule has 0 heterocycles. The van der Waals surface area contributed by atoms with Gasteiger partial charge in [-0.2, -0.15) is 0 Å². The molecule has 40 valence electrons. The van der Waals surface area contributed by atoms with E-state index in [4.69, 9.17) is 12.2 Å². The van der Waals surface area contributed by atoms with Gasteiger partial charge >= 0.3 is 0 Å². The van der Waals surface area contributed by atoms with Crippen molar-refractivity contribution in [2.45, 2.75) is 25.8 Å². The summed E-state index contributed by atoms with van der Waals surface area (Å²) in [5, 5.41) is 0. The highest BCUT2D eigenvalue weighted by atomic mass is 14.6. The first-order valence-corrected chi connectivity index (χ1v) is 2.50. The summed E-state index contributed by atoms with van der Waals surface area (Å²) >= 11 is 0. The Morgan fingerprint density at radius 2 is 2.43 bits per heavy atom. The highest BCUT2D eigenvalue weighted by Gasteiger charge is 1.91. The molecule has 0 saturated carbocycles. The van der Waals surface area contributed by atoms with Gasteiger partial charge in [0.15, 0.2) is 0 Å². The Hall–Kier alpha value is -0.480. The van der Waals surface area contributed by atoms with Crippen molar-refractivity contribution >= 4 is 0 Å². The third-order valence-corrected chi connectivity index (χ3v) is 0.904. The van der Waals surface area contributed by atoms with Gasteiger partial charge in [-0.3, -0.25) is 0 Å². The molecule has 1 heteroatoms. The van der Waals surface area contributed by atoms with Gasteiger partial charge in [0.1, 0.15) is 0 Å². The summed E-state index contributed by atoms with van der Waals surface area (Å²) in [5.74, 6) is 2.49. The molecule has 0 aromatic heterocycles. The van der Waals surface area contributed by atoms with Gasteiger partial charge in [0.05, 0.1) is 0 Å². The molecular formula is C6H11N. The number of rotatable bonds is 2. The SMILES string of the molecule is C#CC[C@H](N)CC. The summed E-state index contributed by atoms with van der Waals surface area (Å²) < 4.78 is 0. The molecule has 0 rings (SSSR count). The topological polar surface area (TPSA) is 26.0 Å². The lowest BCUT2D eigenvalue weighted by Crippen LogP contribution is -2.16. The van der Waals surface area contributed by atoms with E-state index in [2.05, 4.69) is 5.92 Å². The molecule has 0 spiro atoms. The highest BCUT2D eigenvalue weighted by Crippen LogP contribution is 1.88. The number of terminal acetylenes is 1. The molecule has 0 aliphatic rings. The zero-order valence-electron chi connectivity index (χ0n) is 4.65. The van der Waals surface area contributed by atoms with Crippen molar-refractivity contribution in [2.75, 3.05) is 0 Å². The van der Waals surface area contributed by atoms with E-state index in [1.807, 2.05) is 6.92 Å². The maximum Gasteiger partial charge on any atom is 0.0238 e. The molecule has 0 fully saturated rings. The molecule has 2 N–H and O–H groups in total. The van der Waals surface area contributed by atoms with Crippen LogP contribution in [-0.2, 0) is 0 Å². The van der Waals surface area contributed by atoms with Crippen molar-refractivity contribution in [1.29, 1.82) is 0 Å². The molecular weight excluding hydrogens is 86.1 g/mol. The molecule has 0 aliphatic heterocycles. The summed E-state index contributed by atoms with van der Waals surface area (Å²) in [7, 11) is 0. The van der Waals surface area contributed by atoms with Gasteiger partial charge in [-0.15, -0.1) is 12.3 Å². The highest BCUT2D eigenvalue weighted by molar-refractivity contribution is 4.87. The zero-order valence-corrected chi connectivity index (χ0v) is 4.65. The lowest BCUT2D eigenvalue weighted by molar-refractivity contribution is 0.669. The van der Waals surface area contributed by atoms with E-state index in [0.29, 0.717) is 6.42 Å². The average Bonchev–Trinajstić information content (AvgIpc) is 1.68. The fourth-order valence-electron chi connectivity index (χ4n) is 0.296. The Balaban J connectivity index is 3.03. The van der Waals surface area contributed by atoms with Crippen LogP contribution in [0.3, 0.4) is 0 Å². The third-order valence-electron chi connectivity index (χ3n) is 0.904. The Morgan fingerprint density at radius 3 is 2.57 bits per heavy atom. The summed E-state index contributed by atoms with van der Waals surface area (Å²) in [4.78, 5) is 0. The van der Waals surface area contributed by atoms with Crippen LogP contribution in [0.1, 0.15) is 19.8 Å². The molecule has 0 bridgehead atoms. The van der Waals surface area contributed by atoms with E-state index < -0.39 is 0 Å². The lowest BCUT2D eigenvalue weighted by atomic mass is 10.2. The fraction of sp³-hybridized carbons (Fsp3) is 0.667. The quantitative estimate of drug-likeness (QED) is 0.505. The monoisotopic (exact) mass is 97.1 g/mol. The predicted molar refractivity (Wildman–Crippen MR) is 31.7 cm³/mol. The normalized spacial score (nSPS) is 12.7. The second kappa shape index (κ2) is 3.70. The van der Waals surface area contributed by atoms with Gasteiger partial charge in [-0.05, 0) is 6.42 Å². The van der Waals surface area contributed by atoms with E-state index >= 15 is 0 Å². The minimum atomic E-state index is 0.213. The molecule has 0 aromatic rings. The Labute approximate surface area is 44.9 Å². The van der Waals surface area contributed by atoms with Crippen molar-refractivity contribution in [1.82, 2.24) is 0 Å². The third kappa shape index (κ3) is 3.35. The number of hydrogen-bond acceptors (Lipinski definition) is 1. The minimum Gasteiger partial charge on any atom is -0.327 e. The Bertz CT molecular complexity index is 70.7. The first-order chi connectivity index (χ1) is 3.31. The largest absolute Gasteiger partial charge is 0.327 e. The minimum absolute atomic E-state index is 0.213. The Kier molecular flexibility index (Phi) is 3.45. The van der Waals surface area contributed by atoms with Crippen LogP contribution in [0.15, 0.2) is 0 Å². The number of nitrogens with two attached hydrogens (primary N) is 1. The van der Waals surface area contributed by atoms with Gasteiger partial charge < -0.3 is 5.73 Å². The summed E-state index contributed by atoms with van der Waals surface area (Å²) in [5.41, 5.74) is 5.44. The van der Waals surface area contributed by atoms with Gasteiger partial charge in [0, 0.05) is 12.5 Å². The van der Waals surface area contributed by atoms with E-state index in [1.165, 1.54) is 0 Å². The number of hydrogen-bond donors (Lipinski definition) is 1. The van der Waals surface area contributed by atoms with E-state index in [9.17, 15) is 0 Å². The molecule has 1 nitrogen and oxygen atoms in total. The van der Waals surface area contributed by atoms with Crippen LogP contribution in [0.2, 0.25) is 0 Å².